The normalized spacial score (nSPS) is 10.0. The van der Waals surface area contributed by atoms with E-state index in [2.05, 4.69) is 11.9 Å². The molecule has 60 valence electrons. The van der Waals surface area contributed by atoms with Crippen LogP contribution in [-0.2, 0) is 6.42 Å². The molecule has 2 nitrogen and oxygen atoms in total. The fraction of sp³-hybridized carbons (Fsp3) is 0.444. The average Bonchev–Trinajstić information content (AvgIpc) is 1.99. The van der Waals surface area contributed by atoms with Crippen LogP contribution in [0.5, 0.6) is 0 Å². The van der Waals surface area contributed by atoms with Crippen LogP contribution in [-0.4, -0.2) is 4.98 Å². The topological polar surface area (TPSA) is 32.9 Å². The third kappa shape index (κ3) is 1.70. The summed E-state index contributed by atoms with van der Waals surface area (Å²) in [6.07, 6.45) is 3.79. The highest BCUT2D eigenvalue weighted by atomic mass is 16.1. The van der Waals surface area contributed by atoms with Gasteiger partial charge in [-0.15, -0.1) is 0 Å². The van der Waals surface area contributed by atoms with Gasteiger partial charge in [-0.3, -0.25) is 4.79 Å². The number of aromatic nitrogens is 1. The molecule has 0 bridgehead atoms. The molecule has 1 rings (SSSR count). The fourth-order valence-electron chi connectivity index (χ4n) is 1.14. The molecule has 0 spiro atoms. The second-order valence-corrected chi connectivity index (χ2v) is 2.71. The fourth-order valence-corrected chi connectivity index (χ4v) is 1.14. The van der Waals surface area contributed by atoms with E-state index in [9.17, 15) is 4.79 Å². The molecule has 1 N–H and O–H groups in total. The number of nitrogens with one attached hydrogen (secondary N) is 1. The van der Waals surface area contributed by atoms with Crippen molar-refractivity contribution in [3.63, 3.8) is 0 Å². The van der Waals surface area contributed by atoms with Crippen molar-refractivity contribution < 1.29 is 0 Å². The van der Waals surface area contributed by atoms with E-state index in [1.165, 1.54) is 0 Å². The lowest BCUT2D eigenvalue weighted by Gasteiger charge is -2.00. The molecule has 0 aliphatic rings. The molecule has 2 heteroatoms. The van der Waals surface area contributed by atoms with Crippen LogP contribution >= 0.6 is 0 Å². The Hall–Kier alpha value is -1.05. The first kappa shape index (κ1) is 8.05. The smallest absolute Gasteiger partial charge is 0.251 e. The molecule has 11 heavy (non-hydrogen) atoms. The van der Waals surface area contributed by atoms with Gasteiger partial charge in [-0.25, -0.2) is 0 Å². The average molecular weight is 151 g/mol. The summed E-state index contributed by atoms with van der Waals surface area (Å²) in [5, 5.41) is 0. The first-order chi connectivity index (χ1) is 5.25. The molecular weight excluding hydrogens is 138 g/mol. The van der Waals surface area contributed by atoms with Gasteiger partial charge in [-0.1, -0.05) is 13.3 Å². The third-order valence-electron chi connectivity index (χ3n) is 1.84. The molecule has 0 radical (unpaired) electrons. The largest absolute Gasteiger partial charge is 0.329 e. The highest BCUT2D eigenvalue weighted by Gasteiger charge is 1.98. The number of H-pyrrole nitrogens is 1. The highest BCUT2D eigenvalue weighted by Crippen LogP contribution is 2.03. The quantitative estimate of drug-likeness (QED) is 0.684. The van der Waals surface area contributed by atoms with E-state index in [1.807, 2.05) is 13.0 Å². The van der Waals surface area contributed by atoms with E-state index in [0.717, 1.165) is 24.0 Å². The molecule has 0 aliphatic heterocycles. The second-order valence-electron chi connectivity index (χ2n) is 2.71. The molecule has 0 fully saturated rings. The van der Waals surface area contributed by atoms with Gasteiger partial charge in [0.15, 0.2) is 0 Å². The van der Waals surface area contributed by atoms with Gasteiger partial charge in [0.1, 0.15) is 0 Å². The van der Waals surface area contributed by atoms with Crippen molar-refractivity contribution >= 4 is 0 Å². The number of rotatable bonds is 2. The van der Waals surface area contributed by atoms with Gasteiger partial charge < -0.3 is 4.98 Å². The zero-order valence-electron chi connectivity index (χ0n) is 6.98. The van der Waals surface area contributed by atoms with Crippen LogP contribution in [0.15, 0.2) is 17.1 Å². The number of aromatic amines is 1. The Morgan fingerprint density at radius 2 is 2.27 bits per heavy atom. The summed E-state index contributed by atoms with van der Waals surface area (Å²) in [4.78, 5) is 13.7. The molecular formula is C9H13NO. The van der Waals surface area contributed by atoms with Crippen molar-refractivity contribution in [1.29, 1.82) is 0 Å². The minimum atomic E-state index is 0.0379. The Balaban J connectivity index is 3.06. The molecule has 0 aliphatic carbocycles. The van der Waals surface area contributed by atoms with Gasteiger partial charge >= 0.3 is 0 Å². The lowest BCUT2D eigenvalue weighted by atomic mass is 10.1. The molecule has 0 saturated heterocycles. The Bertz CT molecular complexity index is 288. The third-order valence-corrected chi connectivity index (χ3v) is 1.84. The Labute approximate surface area is 66.3 Å². The van der Waals surface area contributed by atoms with Crippen LogP contribution < -0.4 is 5.56 Å². The summed E-state index contributed by atoms with van der Waals surface area (Å²) in [6, 6.07) is 1.97. The van der Waals surface area contributed by atoms with E-state index in [4.69, 9.17) is 0 Å². The van der Waals surface area contributed by atoms with E-state index in [-0.39, 0.29) is 5.56 Å². The summed E-state index contributed by atoms with van der Waals surface area (Å²) in [5.41, 5.74) is 2.06. The number of pyridine rings is 1. The van der Waals surface area contributed by atoms with Crippen molar-refractivity contribution in [2.45, 2.75) is 26.7 Å². The molecule has 0 amide bonds. The molecule has 1 aromatic rings. The van der Waals surface area contributed by atoms with Crippen LogP contribution in [0.25, 0.3) is 0 Å². The summed E-state index contributed by atoms with van der Waals surface area (Å²) in [7, 11) is 0. The van der Waals surface area contributed by atoms with Crippen LogP contribution in [0.4, 0.5) is 0 Å². The summed E-state index contributed by atoms with van der Waals surface area (Å²) in [5.74, 6) is 0. The molecule has 0 aromatic carbocycles. The number of aryl methyl sites for hydroxylation is 1. The lowest BCUT2D eigenvalue weighted by Crippen LogP contribution is -2.10. The van der Waals surface area contributed by atoms with Crippen molar-refractivity contribution in [3.8, 4) is 0 Å². The first-order valence-corrected chi connectivity index (χ1v) is 3.93. The maximum atomic E-state index is 11.1. The first-order valence-electron chi connectivity index (χ1n) is 3.93. The van der Waals surface area contributed by atoms with Crippen LogP contribution in [0.1, 0.15) is 24.5 Å². The molecule has 0 saturated carbocycles. The molecule has 0 unspecified atom stereocenters. The monoisotopic (exact) mass is 151 g/mol. The second kappa shape index (κ2) is 3.37. The minimum absolute atomic E-state index is 0.0379. The Morgan fingerprint density at radius 1 is 1.55 bits per heavy atom. The van der Waals surface area contributed by atoms with E-state index in [1.54, 1.807) is 6.20 Å². The number of hydrogen-bond donors (Lipinski definition) is 1. The maximum absolute atomic E-state index is 11.1. The summed E-state index contributed by atoms with van der Waals surface area (Å²) < 4.78 is 0. The summed E-state index contributed by atoms with van der Waals surface area (Å²) in [6.45, 7) is 3.98. The zero-order valence-corrected chi connectivity index (χ0v) is 6.98. The van der Waals surface area contributed by atoms with Gasteiger partial charge in [0.25, 0.3) is 5.56 Å². The zero-order chi connectivity index (χ0) is 8.27. The van der Waals surface area contributed by atoms with Gasteiger partial charge in [0.2, 0.25) is 0 Å². The van der Waals surface area contributed by atoms with Crippen LogP contribution in [0.3, 0.4) is 0 Å². The van der Waals surface area contributed by atoms with Gasteiger partial charge in [-0.05, 0) is 25.0 Å². The van der Waals surface area contributed by atoms with E-state index < -0.39 is 0 Å². The van der Waals surface area contributed by atoms with Gasteiger partial charge in [-0.2, -0.15) is 0 Å². The lowest BCUT2D eigenvalue weighted by molar-refractivity contribution is 0.902. The Morgan fingerprint density at radius 3 is 2.91 bits per heavy atom. The molecule has 0 atom stereocenters. The van der Waals surface area contributed by atoms with Crippen molar-refractivity contribution in [2.24, 2.45) is 0 Å². The van der Waals surface area contributed by atoms with E-state index >= 15 is 0 Å². The van der Waals surface area contributed by atoms with Crippen molar-refractivity contribution in [3.05, 3.63) is 33.7 Å². The predicted octanol–water partition coefficient (Wildman–Crippen LogP) is 1.64. The Kier molecular flexibility index (Phi) is 2.47. The number of hydrogen-bond acceptors (Lipinski definition) is 1. The van der Waals surface area contributed by atoms with Gasteiger partial charge in [0.05, 0.1) is 0 Å². The standard InChI is InChI=1S/C9H13NO/c1-3-4-8-5-6-10-9(11)7(8)2/h5-6H,3-4H2,1-2H3,(H,10,11). The molecule has 1 heterocycles. The highest BCUT2D eigenvalue weighted by molar-refractivity contribution is 5.21. The van der Waals surface area contributed by atoms with Gasteiger partial charge in [0, 0.05) is 11.8 Å². The van der Waals surface area contributed by atoms with E-state index in [0.29, 0.717) is 0 Å². The molecule has 1 aromatic heterocycles. The SMILES string of the molecule is CCCc1cc[nH]c(=O)c1C. The van der Waals surface area contributed by atoms with Crippen LogP contribution in [0, 0.1) is 6.92 Å². The minimum Gasteiger partial charge on any atom is -0.329 e. The van der Waals surface area contributed by atoms with Crippen molar-refractivity contribution in [2.75, 3.05) is 0 Å². The maximum Gasteiger partial charge on any atom is 0.251 e. The predicted molar refractivity (Wildman–Crippen MR) is 45.8 cm³/mol. The summed E-state index contributed by atoms with van der Waals surface area (Å²) >= 11 is 0. The van der Waals surface area contributed by atoms with Crippen LogP contribution in [0.2, 0.25) is 0 Å². The van der Waals surface area contributed by atoms with Crippen molar-refractivity contribution in [1.82, 2.24) is 4.98 Å².